The van der Waals surface area contributed by atoms with Gasteiger partial charge in [-0.05, 0) is 44.2 Å². The molecule has 3 heteroatoms. The van der Waals surface area contributed by atoms with Gasteiger partial charge in [-0.15, -0.1) is 0 Å². The minimum atomic E-state index is -0.156. The Morgan fingerprint density at radius 1 is 1.21 bits per heavy atom. The van der Waals surface area contributed by atoms with Crippen molar-refractivity contribution in [2.45, 2.75) is 52.6 Å². The van der Waals surface area contributed by atoms with Gasteiger partial charge in [0.2, 0.25) is 0 Å². The highest BCUT2D eigenvalue weighted by Crippen LogP contribution is 2.27. The van der Waals surface area contributed by atoms with Crippen LogP contribution < -0.4 is 10.6 Å². The van der Waals surface area contributed by atoms with E-state index in [4.69, 9.17) is 5.73 Å². The van der Waals surface area contributed by atoms with Gasteiger partial charge in [0.25, 0.3) is 0 Å². The zero-order chi connectivity index (χ0) is 14.6. The van der Waals surface area contributed by atoms with Crippen LogP contribution in [0, 0.1) is 11.7 Å². The average molecular weight is 266 g/mol. The molecule has 1 aromatic rings. The summed E-state index contributed by atoms with van der Waals surface area (Å²) in [5, 5.41) is 0. The van der Waals surface area contributed by atoms with Crippen LogP contribution in [0.3, 0.4) is 0 Å². The third-order valence-electron chi connectivity index (χ3n) is 3.44. The molecule has 0 bridgehead atoms. The summed E-state index contributed by atoms with van der Waals surface area (Å²) < 4.78 is 14.2. The molecule has 2 unspecified atom stereocenters. The first-order valence-electron chi connectivity index (χ1n) is 7.08. The quantitative estimate of drug-likeness (QED) is 0.852. The lowest BCUT2D eigenvalue weighted by molar-refractivity contribution is 0.496. The van der Waals surface area contributed by atoms with E-state index in [1.165, 1.54) is 6.07 Å². The van der Waals surface area contributed by atoms with E-state index in [0.717, 1.165) is 12.0 Å². The highest BCUT2D eigenvalue weighted by molar-refractivity contribution is 5.55. The lowest BCUT2D eigenvalue weighted by Crippen LogP contribution is -2.32. The lowest BCUT2D eigenvalue weighted by atomic mass is 10.0. The Hall–Kier alpha value is -1.09. The van der Waals surface area contributed by atoms with E-state index in [9.17, 15) is 4.39 Å². The zero-order valence-corrected chi connectivity index (χ0v) is 12.8. The average Bonchev–Trinajstić information content (AvgIpc) is 2.26. The Kier molecular flexibility index (Phi) is 5.80. The third kappa shape index (κ3) is 4.50. The van der Waals surface area contributed by atoms with Crippen LogP contribution in [0.5, 0.6) is 0 Å². The summed E-state index contributed by atoms with van der Waals surface area (Å²) in [6.45, 7) is 8.47. The fraction of sp³-hybridized carbons (Fsp3) is 0.625. The van der Waals surface area contributed by atoms with Crippen LogP contribution in [0.4, 0.5) is 10.1 Å². The second-order valence-electron chi connectivity index (χ2n) is 6.02. The molecule has 0 saturated heterocycles. The number of rotatable bonds is 6. The van der Waals surface area contributed by atoms with Crippen molar-refractivity contribution in [2.24, 2.45) is 11.7 Å². The summed E-state index contributed by atoms with van der Waals surface area (Å²) in [7, 11) is 1.97. The van der Waals surface area contributed by atoms with E-state index >= 15 is 0 Å². The highest BCUT2D eigenvalue weighted by atomic mass is 19.1. The summed E-state index contributed by atoms with van der Waals surface area (Å²) in [6, 6.07) is 5.61. The van der Waals surface area contributed by atoms with E-state index in [-0.39, 0.29) is 11.9 Å². The number of para-hydroxylation sites is 1. The molecule has 0 aliphatic rings. The molecule has 0 fully saturated rings. The molecule has 0 saturated carbocycles. The highest BCUT2D eigenvalue weighted by Gasteiger charge is 2.18. The molecule has 1 aromatic carbocycles. The molecule has 0 heterocycles. The molecule has 0 aromatic heterocycles. The van der Waals surface area contributed by atoms with E-state index < -0.39 is 0 Å². The molecule has 2 atom stereocenters. The summed E-state index contributed by atoms with van der Waals surface area (Å²) in [4.78, 5) is 2.05. The maximum absolute atomic E-state index is 14.2. The molecule has 1 rings (SSSR count). The number of nitrogens with two attached hydrogens (primary N) is 1. The first kappa shape index (κ1) is 16.0. The molecule has 0 aliphatic carbocycles. The summed E-state index contributed by atoms with van der Waals surface area (Å²) in [6.07, 6.45) is 1.74. The maximum atomic E-state index is 14.2. The van der Waals surface area contributed by atoms with Crippen LogP contribution >= 0.6 is 0 Å². The number of nitrogens with zero attached hydrogens (tertiary/aromatic N) is 1. The van der Waals surface area contributed by atoms with Crippen LogP contribution in [0.1, 0.15) is 39.7 Å². The maximum Gasteiger partial charge on any atom is 0.146 e. The first-order valence-corrected chi connectivity index (χ1v) is 7.08. The molecule has 19 heavy (non-hydrogen) atoms. The minimum Gasteiger partial charge on any atom is -0.369 e. The van der Waals surface area contributed by atoms with Crippen LogP contribution in [0.2, 0.25) is 0 Å². The SMILES string of the molecule is CC(C)CC(C)N(C)c1c(F)cccc1CC(C)N. The van der Waals surface area contributed by atoms with Crippen molar-refractivity contribution >= 4 is 5.69 Å². The van der Waals surface area contributed by atoms with E-state index in [0.29, 0.717) is 24.1 Å². The fourth-order valence-electron chi connectivity index (χ4n) is 2.53. The van der Waals surface area contributed by atoms with Crippen molar-refractivity contribution in [1.29, 1.82) is 0 Å². The Balaban J connectivity index is 3.03. The van der Waals surface area contributed by atoms with Crippen molar-refractivity contribution in [2.75, 3.05) is 11.9 Å². The molecule has 0 radical (unpaired) electrons. The fourth-order valence-corrected chi connectivity index (χ4v) is 2.53. The van der Waals surface area contributed by atoms with Gasteiger partial charge < -0.3 is 10.6 Å². The number of anilines is 1. The van der Waals surface area contributed by atoms with Crippen molar-refractivity contribution in [3.63, 3.8) is 0 Å². The van der Waals surface area contributed by atoms with Gasteiger partial charge in [0.1, 0.15) is 5.82 Å². The van der Waals surface area contributed by atoms with Crippen molar-refractivity contribution in [3.8, 4) is 0 Å². The van der Waals surface area contributed by atoms with Gasteiger partial charge in [0, 0.05) is 19.1 Å². The molecule has 2 nitrogen and oxygen atoms in total. The monoisotopic (exact) mass is 266 g/mol. The first-order chi connectivity index (χ1) is 8.82. The van der Waals surface area contributed by atoms with Crippen molar-refractivity contribution in [3.05, 3.63) is 29.6 Å². The summed E-state index contributed by atoms with van der Waals surface area (Å²) in [5.41, 5.74) is 7.55. The molecule has 0 amide bonds. The van der Waals surface area contributed by atoms with Gasteiger partial charge in [-0.3, -0.25) is 0 Å². The Bertz CT molecular complexity index is 402. The third-order valence-corrected chi connectivity index (χ3v) is 3.44. The normalized spacial score (nSPS) is 14.5. The number of halogens is 1. The zero-order valence-electron chi connectivity index (χ0n) is 12.8. The smallest absolute Gasteiger partial charge is 0.146 e. The Labute approximate surface area is 116 Å². The molecule has 0 aliphatic heterocycles. The van der Waals surface area contributed by atoms with Crippen molar-refractivity contribution in [1.82, 2.24) is 0 Å². The standard InChI is InChI=1S/C16H27FN2/c1-11(2)9-13(4)19(5)16-14(10-12(3)18)7-6-8-15(16)17/h6-8,11-13H,9-10,18H2,1-5H3. The molecular weight excluding hydrogens is 239 g/mol. The van der Waals surface area contributed by atoms with Gasteiger partial charge in [-0.1, -0.05) is 26.0 Å². The molecule has 2 N–H and O–H groups in total. The second kappa shape index (κ2) is 6.90. The number of benzene rings is 1. The van der Waals surface area contributed by atoms with Crippen LogP contribution in [-0.2, 0) is 6.42 Å². The predicted molar refractivity (Wildman–Crippen MR) is 81.1 cm³/mol. The second-order valence-corrected chi connectivity index (χ2v) is 6.02. The Morgan fingerprint density at radius 3 is 2.37 bits per heavy atom. The van der Waals surface area contributed by atoms with E-state index in [1.54, 1.807) is 6.07 Å². The van der Waals surface area contributed by atoms with E-state index in [2.05, 4.69) is 20.8 Å². The molecule has 0 spiro atoms. The molecule has 108 valence electrons. The number of hydrogen-bond donors (Lipinski definition) is 1. The topological polar surface area (TPSA) is 29.3 Å². The van der Waals surface area contributed by atoms with Gasteiger partial charge in [0.15, 0.2) is 0 Å². The summed E-state index contributed by atoms with van der Waals surface area (Å²) in [5.74, 6) is 0.442. The minimum absolute atomic E-state index is 0.0364. The Morgan fingerprint density at radius 2 is 1.84 bits per heavy atom. The largest absolute Gasteiger partial charge is 0.369 e. The van der Waals surface area contributed by atoms with Crippen LogP contribution in [0.25, 0.3) is 0 Å². The van der Waals surface area contributed by atoms with Crippen LogP contribution in [-0.4, -0.2) is 19.1 Å². The van der Waals surface area contributed by atoms with Crippen molar-refractivity contribution < 1.29 is 4.39 Å². The number of hydrogen-bond acceptors (Lipinski definition) is 2. The molecular formula is C16H27FN2. The van der Waals surface area contributed by atoms with Gasteiger partial charge in [0.05, 0.1) is 5.69 Å². The van der Waals surface area contributed by atoms with Gasteiger partial charge in [-0.25, -0.2) is 4.39 Å². The van der Waals surface area contributed by atoms with Gasteiger partial charge in [-0.2, -0.15) is 0 Å². The predicted octanol–water partition coefficient (Wildman–Crippen LogP) is 3.59. The van der Waals surface area contributed by atoms with Crippen LogP contribution in [0.15, 0.2) is 18.2 Å². The summed E-state index contributed by atoms with van der Waals surface area (Å²) >= 11 is 0. The lowest BCUT2D eigenvalue weighted by Gasteiger charge is -2.31. The van der Waals surface area contributed by atoms with E-state index in [1.807, 2.05) is 24.9 Å². The van der Waals surface area contributed by atoms with Gasteiger partial charge >= 0.3 is 0 Å².